The second kappa shape index (κ2) is 6.46. The van der Waals surface area contributed by atoms with Crippen LogP contribution in [0.3, 0.4) is 0 Å². The first kappa shape index (κ1) is 15.1. The molecule has 1 saturated carbocycles. The van der Waals surface area contributed by atoms with Crippen LogP contribution in [-0.2, 0) is 0 Å². The standard InChI is InChI=1S/C16H25NO3/c1-12(14-9-13(20-2)5-6-15(14)19)17-10-16(11-18)7-3-4-8-16/h5-6,9,12,17-19H,3-4,7-8,10-11H2,1-2H3. The minimum absolute atomic E-state index is 0.0166. The Bertz CT molecular complexity index is 441. The maximum atomic E-state index is 9.97. The Kier molecular flexibility index (Phi) is 4.89. The lowest BCUT2D eigenvalue weighted by Crippen LogP contribution is -2.36. The van der Waals surface area contributed by atoms with Gasteiger partial charge in [0.15, 0.2) is 0 Å². The molecule has 0 heterocycles. The van der Waals surface area contributed by atoms with Crippen LogP contribution in [0.5, 0.6) is 11.5 Å². The maximum Gasteiger partial charge on any atom is 0.120 e. The van der Waals surface area contributed by atoms with E-state index in [2.05, 4.69) is 5.32 Å². The average Bonchev–Trinajstić information content (AvgIpc) is 2.95. The van der Waals surface area contributed by atoms with Gasteiger partial charge < -0.3 is 20.3 Å². The van der Waals surface area contributed by atoms with Crippen molar-refractivity contribution in [3.05, 3.63) is 23.8 Å². The summed E-state index contributed by atoms with van der Waals surface area (Å²) in [5, 5.41) is 23.0. The summed E-state index contributed by atoms with van der Waals surface area (Å²) in [7, 11) is 1.62. The molecule has 1 aliphatic carbocycles. The molecule has 1 unspecified atom stereocenters. The van der Waals surface area contributed by atoms with E-state index in [9.17, 15) is 10.2 Å². The van der Waals surface area contributed by atoms with Crippen molar-refractivity contribution < 1.29 is 14.9 Å². The summed E-state index contributed by atoms with van der Waals surface area (Å²) in [6.45, 7) is 3.03. The van der Waals surface area contributed by atoms with Crippen LogP contribution in [0.4, 0.5) is 0 Å². The lowest BCUT2D eigenvalue weighted by Gasteiger charge is -2.29. The third kappa shape index (κ3) is 3.25. The molecule has 4 nitrogen and oxygen atoms in total. The zero-order valence-corrected chi connectivity index (χ0v) is 12.4. The molecule has 0 bridgehead atoms. The summed E-state index contributed by atoms with van der Waals surface area (Å²) in [6.07, 6.45) is 4.54. The predicted octanol–water partition coefficient (Wildman–Crippen LogP) is 2.60. The van der Waals surface area contributed by atoms with Gasteiger partial charge in [0.25, 0.3) is 0 Å². The largest absolute Gasteiger partial charge is 0.508 e. The van der Waals surface area contributed by atoms with Crippen molar-refractivity contribution in [1.29, 1.82) is 0 Å². The van der Waals surface area contributed by atoms with E-state index >= 15 is 0 Å². The van der Waals surface area contributed by atoms with Crippen molar-refractivity contribution >= 4 is 0 Å². The van der Waals surface area contributed by atoms with Crippen molar-refractivity contribution in [2.75, 3.05) is 20.3 Å². The summed E-state index contributed by atoms with van der Waals surface area (Å²) in [5.74, 6) is 1.01. The van der Waals surface area contributed by atoms with Crippen molar-refractivity contribution in [3.63, 3.8) is 0 Å². The van der Waals surface area contributed by atoms with Gasteiger partial charge >= 0.3 is 0 Å². The maximum absolute atomic E-state index is 9.97. The highest BCUT2D eigenvalue weighted by Crippen LogP contribution is 2.38. The molecule has 112 valence electrons. The fraction of sp³-hybridized carbons (Fsp3) is 0.625. The van der Waals surface area contributed by atoms with Crippen molar-refractivity contribution in [3.8, 4) is 11.5 Å². The summed E-state index contributed by atoms with van der Waals surface area (Å²) >= 11 is 0. The number of aliphatic hydroxyl groups is 1. The van der Waals surface area contributed by atoms with Crippen LogP contribution in [-0.4, -0.2) is 30.5 Å². The topological polar surface area (TPSA) is 61.7 Å². The molecule has 1 aliphatic rings. The molecule has 1 aromatic carbocycles. The van der Waals surface area contributed by atoms with Gasteiger partial charge in [-0.3, -0.25) is 0 Å². The Hall–Kier alpha value is -1.26. The second-order valence-electron chi connectivity index (χ2n) is 5.89. The van der Waals surface area contributed by atoms with E-state index in [0.717, 1.165) is 30.7 Å². The zero-order valence-electron chi connectivity index (χ0n) is 12.4. The van der Waals surface area contributed by atoms with Crippen LogP contribution in [0.25, 0.3) is 0 Å². The fourth-order valence-electron chi connectivity index (χ4n) is 3.00. The molecule has 2 rings (SSSR count). The predicted molar refractivity (Wildman–Crippen MR) is 79.1 cm³/mol. The molecule has 0 saturated heterocycles. The number of aliphatic hydroxyl groups excluding tert-OH is 1. The Morgan fingerprint density at radius 2 is 2.05 bits per heavy atom. The highest BCUT2D eigenvalue weighted by atomic mass is 16.5. The first-order chi connectivity index (χ1) is 9.60. The van der Waals surface area contributed by atoms with Crippen LogP contribution >= 0.6 is 0 Å². The Morgan fingerprint density at radius 3 is 2.65 bits per heavy atom. The number of nitrogens with one attached hydrogen (secondary N) is 1. The van der Waals surface area contributed by atoms with Gasteiger partial charge in [0, 0.05) is 30.2 Å². The molecule has 1 fully saturated rings. The van der Waals surface area contributed by atoms with Gasteiger partial charge in [0.2, 0.25) is 0 Å². The lowest BCUT2D eigenvalue weighted by molar-refractivity contribution is 0.125. The normalized spacial score (nSPS) is 18.9. The molecule has 0 radical (unpaired) electrons. The summed E-state index contributed by atoms with van der Waals surface area (Å²) in [5.41, 5.74) is 0.846. The number of rotatable bonds is 6. The van der Waals surface area contributed by atoms with Gasteiger partial charge in [-0.15, -0.1) is 0 Å². The molecule has 3 N–H and O–H groups in total. The van der Waals surface area contributed by atoms with Crippen molar-refractivity contribution in [1.82, 2.24) is 5.32 Å². The zero-order chi connectivity index (χ0) is 14.6. The summed E-state index contributed by atoms with van der Waals surface area (Å²) < 4.78 is 5.20. The highest BCUT2D eigenvalue weighted by molar-refractivity contribution is 5.41. The van der Waals surface area contributed by atoms with Gasteiger partial charge in [-0.1, -0.05) is 12.8 Å². The molecular formula is C16H25NO3. The van der Waals surface area contributed by atoms with Crippen molar-refractivity contribution in [2.45, 2.75) is 38.6 Å². The lowest BCUT2D eigenvalue weighted by atomic mass is 9.87. The van der Waals surface area contributed by atoms with Gasteiger partial charge in [0.1, 0.15) is 11.5 Å². The molecule has 0 spiro atoms. The van der Waals surface area contributed by atoms with Crippen LogP contribution in [0.1, 0.15) is 44.2 Å². The van der Waals surface area contributed by atoms with E-state index in [0.29, 0.717) is 0 Å². The second-order valence-corrected chi connectivity index (χ2v) is 5.89. The number of ether oxygens (including phenoxy) is 1. The van der Waals surface area contributed by atoms with E-state index in [4.69, 9.17) is 4.74 Å². The van der Waals surface area contributed by atoms with Gasteiger partial charge in [-0.05, 0) is 38.0 Å². The fourth-order valence-corrected chi connectivity index (χ4v) is 3.00. The van der Waals surface area contributed by atoms with Crippen LogP contribution in [0.15, 0.2) is 18.2 Å². The first-order valence-corrected chi connectivity index (χ1v) is 7.31. The Balaban J connectivity index is 2.02. The minimum atomic E-state index is 0.0166. The number of methoxy groups -OCH3 is 1. The molecule has 1 atom stereocenters. The number of hydrogen-bond acceptors (Lipinski definition) is 4. The van der Waals surface area contributed by atoms with Crippen LogP contribution < -0.4 is 10.1 Å². The molecule has 0 amide bonds. The number of hydrogen-bond donors (Lipinski definition) is 3. The van der Waals surface area contributed by atoms with E-state index < -0.39 is 0 Å². The third-order valence-electron chi connectivity index (χ3n) is 4.48. The molecule has 20 heavy (non-hydrogen) atoms. The first-order valence-electron chi connectivity index (χ1n) is 7.31. The third-order valence-corrected chi connectivity index (χ3v) is 4.48. The number of benzene rings is 1. The smallest absolute Gasteiger partial charge is 0.120 e. The molecule has 0 aromatic heterocycles. The quantitative estimate of drug-likeness (QED) is 0.749. The van der Waals surface area contributed by atoms with E-state index in [1.807, 2.05) is 13.0 Å². The Morgan fingerprint density at radius 1 is 1.35 bits per heavy atom. The van der Waals surface area contributed by atoms with Gasteiger partial charge in [-0.25, -0.2) is 0 Å². The minimum Gasteiger partial charge on any atom is -0.508 e. The van der Waals surface area contributed by atoms with E-state index in [1.54, 1.807) is 19.2 Å². The number of phenols is 1. The van der Waals surface area contributed by atoms with Crippen molar-refractivity contribution in [2.24, 2.45) is 5.41 Å². The highest BCUT2D eigenvalue weighted by Gasteiger charge is 2.33. The summed E-state index contributed by atoms with van der Waals surface area (Å²) in [6, 6.07) is 5.28. The molecular weight excluding hydrogens is 254 g/mol. The van der Waals surface area contributed by atoms with Crippen LogP contribution in [0, 0.1) is 5.41 Å². The van der Waals surface area contributed by atoms with Gasteiger partial charge in [-0.2, -0.15) is 0 Å². The SMILES string of the molecule is COc1ccc(O)c(C(C)NCC2(CO)CCCC2)c1. The number of aromatic hydroxyl groups is 1. The monoisotopic (exact) mass is 279 g/mol. The number of phenolic OH excluding ortho intramolecular Hbond substituents is 1. The van der Waals surface area contributed by atoms with Crippen LogP contribution in [0.2, 0.25) is 0 Å². The summed E-state index contributed by atoms with van der Waals surface area (Å²) in [4.78, 5) is 0. The van der Waals surface area contributed by atoms with E-state index in [-0.39, 0.29) is 23.8 Å². The molecule has 1 aromatic rings. The molecule has 0 aliphatic heterocycles. The molecule has 4 heteroatoms. The Labute approximate surface area is 120 Å². The van der Waals surface area contributed by atoms with E-state index in [1.165, 1.54) is 12.8 Å². The van der Waals surface area contributed by atoms with Gasteiger partial charge in [0.05, 0.1) is 7.11 Å². The average molecular weight is 279 g/mol.